The molecule has 2 aromatic carbocycles. The Bertz CT molecular complexity index is 628. The highest BCUT2D eigenvalue weighted by Gasteiger charge is 2.12. The average Bonchev–Trinajstić information content (AvgIpc) is 2.47. The van der Waals surface area contributed by atoms with Crippen molar-refractivity contribution in [1.82, 2.24) is 0 Å². The van der Waals surface area contributed by atoms with E-state index in [-0.39, 0.29) is 0 Å². The van der Waals surface area contributed by atoms with E-state index in [9.17, 15) is 0 Å². The molecule has 2 rings (SSSR count). The number of hydrogen-bond acceptors (Lipinski definition) is 3. The van der Waals surface area contributed by atoms with Gasteiger partial charge in [-0.2, -0.15) is 0 Å². The standard InChI is InChI=1S/C18H22ClNO2/c1-3-21-17-11-14(7-8-20)10-16(19)18(17)22-12-15-6-4-5-13(2)9-15/h4-6,9-11H,3,7-8,12,20H2,1-2H3. The molecular formula is C18H22ClNO2. The molecule has 0 fully saturated rings. The van der Waals surface area contributed by atoms with Crippen LogP contribution in [0.5, 0.6) is 11.5 Å². The van der Waals surface area contributed by atoms with Gasteiger partial charge < -0.3 is 15.2 Å². The Hall–Kier alpha value is -1.71. The minimum absolute atomic E-state index is 0.456. The van der Waals surface area contributed by atoms with Gasteiger partial charge in [0.25, 0.3) is 0 Å². The SMILES string of the molecule is CCOc1cc(CCN)cc(Cl)c1OCc1cccc(C)c1. The highest BCUT2D eigenvalue weighted by Crippen LogP contribution is 2.37. The Morgan fingerprint density at radius 2 is 1.91 bits per heavy atom. The third-order valence-electron chi connectivity index (χ3n) is 3.27. The summed E-state index contributed by atoms with van der Waals surface area (Å²) in [5, 5.41) is 0.557. The van der Waals surface area contributed by atoms with Gasteiger partial charge in [-0.05, 0) is 50.1 Å². The van der Waals surface area contributed by atoms with Gasteiger partial charge in [0.1, 0.15) is 6.61 Å². The first-order valence-corrected chi connectivity index (χ1v) is 7.85. The van der Waals surface area contributed by atoms with E-state index in [0.29, 0.717) is 36.3 Å². The lowest BCUT2D eigenvalue weighted by Crippen LogP contribution is -2.05. The molecule has 0 aliphatic heterocycles. The maximum absolute atomic E-state index is 6.36. The summed E-state index contributed by atoms with van der Waals surface area (Å²) >= 11 is 6.36. The highest BCUT2D eigenvalue weighted by atomic mass is 35.5. The quantitative estimate of drug-likeness (QED) is 0.834. The van der Waals surface area contributed by atoms with Gasteiger partial charge in [0.05, 0.1) is 11.6 Å². The molecule has 118 valence electrons. The fourth-order valence-corrected chi connectivity index (χ4v) is 2.58. The molecule has 0 atom stereocenters. The monoisotopic (exact) mass is 319 g/mol. The van der Waals surface area contributed by atoms with Crippen LogP contribution in [0.3, 0.4) is 0 Å². The van der Waals surface area contributed by atoms with Crippen LogP contribution in [0, 0.1) is 6.92 Å². The predicted octanol–water partition coefficient (Wildman–Crippen LogP) is 4.13. The summed E-state index contributed by atoms with van der Waals surface area (Å²) < 4.78 is 11.6. The lowest BCUT2D eigenvalue weighted by atomic mass is 10.1. The van der Waals surface area contributed by atoms with Crippen LogP contribution < -0.4 is 15.2 Å². The van der Waals surface area contributed by atoms with Crippen molar-refractivity contribution in [1.29, 1.82) is 0 Å². The summed E-state index contributed by atoms with van der Waals surface area (Å²) in [7, 11) is 0. The minimum atomic E-state index is 0.456. The molecule has 0 saturated heterocycles. The lowest BCUT2D eigenvalue weighted by Gasteiger charge is -2.15. The normalized spacial score (nSPS) is 10.5. The van der Waals surface area contributed by atoms with Crippen molar-refractivity contribution in [3.63, 3.8) is 0 Å². The van der Waals surface area contributed by atoms with Gasteiger partial charge in [-0.25, -0.2) is 0 Å². The third-order valence-corrected chi connectivity index (χ3v) is 3.55. The smallest absolute Gasteiger partial charge is 0.180 e. The molecule has 0 amide bonds. The zero-order valence-corrected chi connectivity index (χ0v) is 13.8. The summed E-state index contributed by atoms with van der Waals surface area (Å²) in [5.41, 5.74) is 8.97. The number of nitrogens with two attached hydrogens (primary N) is 1. The Morgan fingerprint density at radius 1 is 1.09 bits per heavy atom. The minimum Gasteiger partial charge on any atom is -0.490 e. The second-order valence-electron chi connectivity index (χ2n) is 5.15. The summed E-state index contributed by atoms with van der Waals surface area (Å²) in [4.78, 5) is 0. The second kappa shape index (κ2) is 8.06. The number of rotatable bonds is 7. The van der Waals surface area contributed by atoms with Crippen molar-refractivity contribution < 1.29 is 9.47 Å². The third kappa shape index (κ3) is 4.39. The Balaban J connectivity index is 2.21. The van der Waals surface area contributed by atoms with Gasteiger partial charge in [-0.1, -0.05) is 41.4 Å². The van der Waals surface area contributed by atoms with E-state index in [1.807, 2.05) is 31.2 Å². The summed E-state index contributed by atoms with van der Waals surface area (Å²) in [6.45, 7) is 5.59. The molecule has 3 nitrogen and oxygen atoms in total. The fraction of sp³-hybridized carbons (Fsp3) is 0.333. The van der Waals surface area contributed by atoms with Gasteiger partial charge in [-0.15, -0.1) is 0 Å². The van der Waals surface area contributed by atoms with Crippen molar-refractivity contribution in [3.8, 4) is 11.5 Å². The summed E-state index contributed by atoms with van der Waals surface area (Å²) in [6.07, 6.45) is 0.762. The highest BCUT2D eigenvalue weighted by molar-refractivity contribution is 6.32. The summed E-state index contributed by atoms with van der Waals surface area (Å²) in [5.74, 6) is 1.26. The van der Waals surface area contributed by atoms with Gasteiger partial charge in [0.15, 0.2) is 11.5 Å². The van der Waals surface area contributed by atoms with Crippen LogP contribution in [0.15, 0.2) is 36.4 Å². The molecule has 0 heterocycles. The van der Waals surface area contributed by atoms with Crippen LogP contribution in [0.25, 0.3) is 0 Å². The predicted molar refractivity (Wildman–Crippen MR) is 90.9 cm³/mol. The number of ether oxygens (including phenoxy) is 2. The van der Waals surface area contributed by atoms with E-state index in [0.717, 1.165) is 17.5 Å². The zero-order chi connectivity index (χ0) is 15.9. The van der Waals surface area contributed by atoms with E-state index in [1.54, 1.807) is 0 Å². The van der Waals surface area contributed by atoms with Crippen LogP contribution in [-0.4, -0.2) is 13.2 Å². The first kappa shape index (κ1) is 16.7. The van der Waals surface area contributed by atoms with Crippen LogP contribution in [0.2, 0.25) is 5.02 Å². The Morgan fingerprint density at radius 3 is 2.59 bits per heavy atom. The second-order valence-corrected chi connectivity index (χ2v) is 5.56. The molecule has 0 aliphatic rings. The number of halogens is 1. The molecule has 0 radical (unpaired) electrons. The van der Waals surface area contributed by atoms with Crippen LogP contribution in [0.4, 0.5) is 0 Å². The van der Waals surface area contributed by atoms with E-state index in [1.165, 1.54) is 5.56 Å². The lowest BCUT2D eigenvalue weighted by molar-refractivity contribution is 0.269. The first-order valence-electron chi connectivity index (χ1n) is 7.47. The molecule has 2 aromatic rings. The maximum atomic E-state index is 6.36. The molecule has 2 N–H and O–H groups in total. The van der Waals surface area contributed by atoms with Crippen LogP contribution in [-0.2, 0) is 13.0 Å². The van der Waals surface area contributed by atoms with E-state index in [4.69, 9.17) is 26.8 Å². The van der Waals surface area contributed by atoms with Crippen LogP contribution in [0.1, 0.15) is 23.6 Å². The molecule has 0 spiro atoms. The Labute approximate surface area is 137 Å². The van der Waals surface area contributed by atoms with E-state index >= 15 is 0 Å². The number of aryl methyl sites for hydroxylation is 1. The van der Waals surface area contributed by atoms with Gasteiger partial charge >= 0.3 is 0 Å². The molecular weight excluding hydrogens is 298 g/mol. The first-order chi connectivity index (χ1) is 10.6. The van der Waals surface area contributed by atoms with E-state index < -0.39 is 0 Å². The molecule has 0 aromatic heterocycles. The largest absolute Gasteiger partial charge is 0.490 e. The van der Waals surface area contributed by atoms with Gasteiger partial charge in [0.2, 0.25) is 0 Å². The maximum Gasteiger partial charge on any atom is 0.180 e. The van der Waals surface area contributed by atoms with Crippen molar-refractivity contribution in [2.75, 3.05) is 13.2 Å². The van der Waals surface area contributed by atoms with Crippen molar-refractivity contribution in [3.05, 3.63) is 58.1 Å². The van der Waals surface area contributed by atoms with Gasteiger partial charge in [0, 0.05) is 0 Å². The van der Waals surface area contributed by atoms with Crippen molar-refractivity contribution in [2.45, 2.75) is 26.9 Å². The molecule has 0 unspecified atom stereocenters. The van der Waals surface area contributed by atoms with Gasteiger partial charge in [-0.3, -0.25) is 0 Å². The molecule has 0 aliphatic carbocycles. The number of benzene rings is 2. The Kier molecular flexibility index (Phi) is 6.10. The summed E-state index contributed by atoms with van der Waals surface area (Å²) in [6, 6.07) is 12.0. The van der Waals surface area contributed by atoms with Crippen LogP contribution >= 0.6 is 11.6 Å². The van der Waals surface area contributed by atoms with Crippen molar-refractivity contribution >= 4 is 11.6 Å². The molecule has 0 saturated carbocycles. The zero-order valence-electron chi connectivity index (χ0n) is 13.1. The fourth-order valence-electron chi connectivity index (χ4n) is 2.29. The van der Waals surface area contributed by atoms with Crippen molar-refractivity contribution in [2.24, 2.45) is 5.73 Å². The topological polar surface area (TPSA) is 44.5 Å². The molecule has 4 heteroatoms. The van der Waals surface area contributed by atoms with E-state index in [2.05, 4.69) is 19.1 Å². The molecule has 0 bridgehead atoms. The number of hydrogen-bond donors (Lipinski definition) is 1. The molecule has 22 heavy (non-hydrogen) atoms. The average molecular weight is 320 g/mol.